The second kappa shape index (κ2) is 4.39. The molecule has 1 aliphatic rings. The average molecular weight is 225 g/mol. The number of ether oxygens (including phenoxy) is 1. The van der Waals surface area contributed by atoms with Crippen molar-refractivity contribution in [2.24, 2.45) is 5.92 Å². The first-order valence-corrected chi connectivity index (χ1v) is 3.72. The van der Waals surface area contributed by atoms with Crippen molar-refractivity contribution in [3.05, 3.63) is 13.3 Å². The van der Waals surface area contributed by atoms with E-state index < -0.39 is 0 Å². The van der Waals surface area contributed by atoms with Crippen LogP contribution in [0, 0.1) is 19.3 Å². The maximum atomic E-state index is 5.56. The van der Waals surface area contributed by atoms with Crippen LogP contribution in [0.2, 0.25) is 0 Å². The number of hydrogen-bond donors (Lipinski definition) is 0. The molecule has 0 N–H and O–H groups in total. The van der Waals surface area contributed by atoms with Gasteiger partial charge in [0.05, 0.1) is 7.85 Å². The molecule has 3 atom stereocenters. The molecule has 0 amide bonds. The van der Waals surface area contributed by atoms with Crippen LogP contribution in [0.4, 0.5) is 0 Å². The normalized spacial score (nSPS) is 43.5. The molecular weight excluding hydrogens is 212 g/mol. The summed E-state index contributed by atoms with van der Waals surface area (Å²) < 4.78 is 5.42. The van der Waals surface area contributed by atoms with Gasteiger partial charge in [0.1, 0.15) is 0 Å². The van der Waals surface area contributed by atoms with Crippen LogP contribution in [0.1, 0.15) is 20.3 Å². The Morgan fingerprint density at radius 3 is 2.45 bits per heavy atom. The predicted octanol–water partition coefficient (Wildman–Crippen LogP) is 1.33. The average Bonchev–Trinajstić information content (AvgIpc) is 2.09. The summed E-state index contributed by atoms with van der Waals surface area (Å²) in [5.74, 6) is 0.368. The summed E-state index contributed by atoms with van der Waals surface area (Å²) in [5, 5.41) is 0. The van der Waals surface area contributed by atoms with E-state index >= 15 is 0 Å². The molecule has 2 unspecified atom stereocenters. The van der Waals surface area contributed by atoms with Gasteiger partial charge in [0.15, 0.2) is 0 Å². The molecule has 1 heterocycles. The summed E-state index contributed by atoms with van der Waals surface area (Å²) in [6, 6.07) is -0.215. The van der Waals surface area contributed by atoms with Gasteiger partial charge in [0.2, 0.25) is 0 Å². The zero-order valence-electron chi connectivity index (χ0n) is 7.21. The molecule has 0 saturated carbocycles. The molecule has 1 rings (SSSR count). The molecule has 0 aromatic carbocycles. The Labute approximate surface area is 95.9 Å². The molecule has 1 fully saturated rings. The summed E-state index contributed by atoms with van der Waals surface area (Å²) in [6.07, 6.45) is 2.91. The zero-order chi connectivity index (χ0) is 7.78. The second-order valence-electron chi connectivity index (χ2n) is 2.98. The van der Waals surface area contributed by atoms with Crippen LogP contribution in [-0.4, -0.2) is 19.5 Å². The quantitative estimate of drug-likeness (QED) is 0.483. The number of rotatable bonds is 1. The van der Waals surface area contributed by atoms with Crippen LogP contribution in [0.25, 0.3) is 0 Å². The first-order chi connectivity index (χ1) is 4.58. The van der Waals surface area contributed by atoms with Gasteiger partial charge in [-0.1, -0.05) is 25.9 Å². The molecule has 0 spiro atoms. The first kappa shape index (κ1) is 12.1. The van der Waals surface area contributed by atoms with Gasteiger partial charge in [0, 0.05) is 32.7 Å². The van der Waals surface area contributed by atoms with E-state index in [1.807, 2.05) is 6.42 Å². The topological polar surface area (TPSA) is 9.23 Å². The SMILES string of the molecule is [B]C1[CH-][C@@H](C)C([CH2-])(CC)O1.[Y]. The van der Waals surface area contributed by atoms with Crippen LogP contribution in [0.15, 0.2) is 0 Å². The van der Waals surface area contributed by atoms with Crippen LogP contribution >= 0.6 is 0 Å². The van der Waals surface area contributed by atoms with E-state index in [1.165, 1.54) is 0 Å². The van der Waals surface area contributed by atoms with Crippen molar-refractivity contribution in [2.75, 3.05) is 0 Å². The van der Waals surface area contributed by atoms with Crippen LogP contribution in [0.5, 0.6) is 0 Å². The Balaban J connectivity index is 0.000001000. The fourth-order valence-corrected chi connectivity index (χ4v) is 1.28. The molecule has 3 heteroatoms. The van der Waals surface area contributed by atoms with Gasteiger partial charge in [-0.2, -0.15) is 5.92 Å². The fourth-order valence-electron chi connectivity index (χ4n) is 1.28. The number of hydrogen-bond acceptors (Lipinski definition) is 1. The van der Waals surface area contributed by atoms with Gasteiger partial charge < -0.3 is 18.1 Å². The summed E-state index contributed by atoms with van der Waals surface area (Å²) in [4.78, 5) is 0. The van der Waals surface area contributed by atoms with Gasteiger partial charge in [-0.05, 0) is 0 Å². The van der Waals surface area contributed by atoms with Crippen molar-refractivity contribution in [3.63, 3.8) is 0 Å². The van der Waals surface area contributed by atoms with Crippen molar-refractivity contribution in [1.82, 2.24) is 0 Å². The Morgan fingerprint density at radius 1 is 1.73 bits per heavy atom. The molecule has 1 aliphatic heterocycles. The Bertz CT molecular complexity index is 131. The van der Waals surface area contributed by atoms with Gasteiger partial charge in [0.25, 0.3) is 0 Å². The molecule has 0 aliphatic carbocycles. The molecule has 3 radical (unpaired) electrons. The van der Waals surface area contributed by atoms with E-state index in [9.17, 15) is 0 Å². The van der Waals surface area contributed by atoms with E-state index in [0.717, 1.165) is 6.42 Å². The third kappa shape index (κ3) is 2.53. The van der Waals surface area contributed by atoms with Gasteiger partial charge in [-0.25, -0.2) is 0 Å². The van der Waals surface area contributed by atoms with Crippen molar-refractivity contribution in [2.45, 2.75) is 31.9 Å². The second-order valence-corrected chi connectivity index (χ2v) is 2.98. The Morgan fingerprint density at radius 2 is 2.27 bits per heavy atom. The zero-order valence-corrected chi connectivity index (χ0v) is 10.0. The molecule has 11 heavy (non-hydrogen) atoms. The summed E-state index contributed by atoms with van der Waals surface area (Å²) in [7, 11) is 5.56. The fraction of sp³-hybridized carbons (Fsp3) is 0.750. The standard InChI is InChI=1S/C8H13BO.Y/c1-4-8(3)6(2)5-7(9)10-8;/h5-7H,3-4H2,1-2H3;/q-2;/t6-,7?,8?;/m1./s1. The van der Waals surface area contributed by atoms with Crippen molar-refractivity contribution in [3.8, 4) is 0 Å². The van der Waals surface area contributed by atoms with Gasteiger partial charge >= 0.3 is 0 Å². The van der Waals surface area contributed by atoms with E-state index in [2.05, 4.69) is 20.8 Å². The summed E-state index contributed by atoms with van der Waals surface area (Å²) in [6.45, 7) is 8.14. The molecule has 0 aromatic heterocycles. The van der Waals surface area contributed by atoms with E-state index in [0.29, 0.717) is 5.92 Å². The maximum Gasteiger partial charge on any atom is 0.0623 e. The molecular formula is C8H13BOY-2. The molecule has 0 aromatic rings. The largest absolute Gasteiger partial charge is 0.446 e. The van der Waals surface area contributed by atoms with E-state index in [1.54, 1.807) is 0 Å². The minimum absolute atomic E-state index is 0. The van der Waals surface area contributed by atoms with Gasteiger partial charge in [-0.15, -0.1) is 6.00 Å². The minimum atomic E-state index is -0.264. The third-order valence-corrected chi connectivity index (χ3v) is 2.28. The van der Waals surface area contributed by atoms with Gasteiger partial charge in [-0.3, -0.25) is 0 Å². The van der Waals surface area contributed by atoms with Crippen LogP contribution < -0.4 is 0 Å². The monoisotopic (exact) mass is 225 g/mol. The predicted molar refractivity (Wildman–Crippen MR) is 42.5 cm³/mol. The maximum absolute atomic E-state index is 5.56. The minimum Gasteiger partial charge on any atom is -0.446 e. The summed E-state index contributed by atoms with van der Waals surface area (Å²) in [5.41, 5.74) is -0.264. The van der Waals surface area contributed by atoms with Crippen molar-refractivity contribution in [1.29, 1.82) is 0 Å². The smallest absolute Gasteiger partial charge is 0.0623 e. The summed E-state index contributed by atoms with van der Waals surface area (Å²) >= 11 is 0. The Hall–Kier alpha value is 1.13. The molecule has 1 saturated heterocycles. The van der Waals surface area contributed by atoms with Crippen LogP contribution in [-0.2, 0) is 37.4 Å². The van der Waals surface area contributed by atoms with Crippen molar-refractivity contribution >= 4 is 7.85 Å². The molecule has 0 bridgehead atoms. The van der Waals surface area contributed by atoms with Crippen molar-refractivity contribution < 1.29 is 37.4 Å². The van der Waals surface area contributed by atoms with E-state index in [-0.39, 0.29) is 44.3 Å². The van der Waals surface area contributed by atoms with E-state index in [4.69, 9.17) is 12.6 Å². The third-order valence-electron chi connectivity index (χ3n) is 2.28. The van der Waals surface area contributed by atoms with Crippen LogP contribution in [0.3, 0.4) is 0 Å². The molecule has 1 nitrogen and oxygen atoms in total. The Kier molecular flexibility index (Phi) is 4.84. The first-order valence-electron chi connectivity index (χ1n) is 3.72. The molecule has 59 valence electrons.